The van der Waals surface area contributed by atoms with Gasteiger partial charge in [-0.1, -0.05) is 37.3 Å². The second-order valence-electron chi connectivity index (χ2n) is 3.72. The summed E-state index contributed by atoms with van der Waals surface area (Å²) in [7, 11) is -4.34. The van der Waals surface area contributed by atoms with E-state index in [9.17, 15) is 9.36 Å². The SMILES string of the molecule is CCC(NC(=O)OCc1ccccc1)P(=O)(O)O. The number of hydrogen-bond donors (Lipinski definition) is 3. The zero-order valence-electron chi connectivity index (χ0n) is 9.94. The molecule has 1 aromatic rings. The van der Waals surface area contributed by atoms with Crippen LogP contribution in [0.5, 0.6) is 0 Å². The first-order valence-corrected chi connectivity index (χ1v) is 7.14. The lowest BCUT2D eigenvalue weighted by Gasteiger charge is -2.17. The predicted octanol–water partition coefficient (Wildman–Crippen LogP) is 1.83. The number of carbonyl (C=O) groups is 1. The van der Waals surface area contributed by atoms with E-state index in [-0.39, 0.29) is 13.0 Å². The van der Waals surface area contributed by atoms with Crippen molar-refractivity contribution in [2.45, 2.75) is 25.7 Å². The Morgan fingerprint density at radius 2 is 2.00 bits per heavy atom. The smallest absolute Gasteiger partial charge is 0.408 e. The molecule has 0 fully saturated rings. The van der Waals surface area contributed by atoms with Gasteiger partial charge in [0.05, 0.1) is 0 Å². The number of alkyl carbamates (subject to hydrolysis) is 1. The molecule has 0 aliphatic rings. The minimum absolute atomic E-state index is 0.0598. The van der Waals surface area contributed by atoms with Gasteiger partial charge in [-0.15, -0.1) is 0 Å². The number of nitrogens with one attached hydrogen (secondary N) is 1. The van der Waals surface area contributed by atoms with Crippen LogP contribution in [0.1, 0.15) is 18.9 Å². The van der Waals surface area contributed by atoms with Crippen LogP contribution in [0.15, 0.2) is 30.3 Å². The Morgan fingerprint density at radius 3 is 2.50 bits per heavy atom. The highest BCUT2D eigenvalue weighted by molar-refractivity contribution is 7.52. The molecule has 0 saturated heterocycles. The van der Waals surface area contributed by atoms with Crippen molar-refractivity contribution in [3.8, 4) is 0 Å². The first kappa shape index (κ1) is 14.7. The zero-order chi connectivity index (χ0) is 13.6. The van der Waals surface area contributed by atoms with Gasteiger partial charge in [0.25, 0.3) is 0 Å². The normalized spacial score (nSPS) is 12.8. The minimum Gasteiger partial charge on any atom is -0.445 e. The van der Waals surface area contributed by atoms with Crippen LogP contribution in [0.3, 0.4) is 0 Å². The van der Waals surface area contributed by atoms with Crippen LogP contribution in [0.4, 0.5) is 4.79 Å². The molecule has 0 spiro atoms. The summed E-state index contributed by atoms with van der Waals surface area (Å²) in [5.41, 5.74) is 0.803. The van der Waals surface area contributed by atoms with E-state index in [2.05, 4.69) is 5.32 Å². The fraction of sp³-hybridized carbons (Fsp3) is 0.364. The van der Waals surface area contributed by atoms with Crippen molar-refractivity contribution >= 4 is 13.7 Å². The number of benzene rings is 1. The molecule has 0 saturated carbocycles. The molecule has 0 aliphatic carbocycles. The molecule has 1 atom stereocenters. The van der Waals surface area contributed by atoms with E-state index < -0.39 is 19.5 Å². The van der Waals surface area contributed by atoms with Crippen molar-refractivity contribution < 1.29 is 23.9 Å². The molecule has 18 heavy (non-hydrogen) atoms. The fourth-order valence-corrected chi connectivity index (χ4v) is 2.07. The average Bonchev–Trinajstić information content (AvgIpc) is 2.33. The van der Waals surface area contributed by atoms with Gasteiger partial charge in [-0.3, -0.25) is 4.57 Å². The topological polar surface area (TPSA) is 95.9 Å². The number of amides is 1. The highest BCUT2D eigenvalue weighted by Crippen LogP contribution is 2.41. The van der Waals surface area contributed by atoms with E-state index in [4.69, 9.17) is 14.5 Å². The average molecular weight is 273 g/mol. The monoisotopic (exact) mass is 273 g/mol. The maximum atomic E-state index is 11.4. The van der Waals surface area contributed by atoms with Gasteiger partial charge >= 0.3 is 13.7 Å². The van der Waals surface area contributed by atoms with Gasteiger partial charge < -0.3 is 19.8 Å². The van der Waals surface area contributed by atoms with Crippen molar-refractivity contribution in [3.05, 3.63) is 35.9 Å². The quantitative estimate of drug-likeness (QED) is 0.711. The van der Waals surface area contributed by atoms with E-state index in [1.807, 2.05) is 6.07 Å². The number of carbonyl (C=O) groups excluding carboxylic acids is 1. The molecule has 1 rings (SSSR count). The third-order valence-corrected chi connectivity index (χ3v) is 3.60. The van der Waals surface area contributed by atoms with E-state index in [1.165, 1.54) is 0 Å². The molecule has 1 unspecified atom stereocenters. The summed E-state index contributed by atoms with van der Waals surface area (Å²) >= 11 is 0. The van der Waals surface area contributed by atoms with E-state index in [0.29, 0.717) is 0 Å². The fourth-order valence-electron chi connectivity index (χ4n) is 1.32. The Morgan fingerprint density at radius 1 is 1.39 bits per heavy atom. The van der Waals surface area contributed by atoms with Gasteiger partial charge in [0.15, 0.2) is 0 Å². The van der Waals surface area contributed by atoms with Crippen LogP contribution in [-0.4, -0.2) is 21.7 Å². The molecule has 7 heteroatoms. The Kier molecular flexibility index (Phi) is 5.34. The van der Waals surface area contributed by atoms with Gasteiger partial charge in [0, 0.05) is 0 Å². The molecule has 0 aromatic heterocycles. The van der Waals surface area contributed by atoms with Gasteiger partial charge in [-0.05, 0) is 12.0 Å². The lowest BCUT2D eigenvalue weighted by molar-refractivity contribution is 0.137. The van der Waals surface area contributed by atoms with Crippen LogP contribution < -0.4 is 5.32 Å². The number of rotatable bonds is 5. The molecule has 6 nitrogen and oxygen atoms in total. The highest BCUT2D eigenvalue weighted by atomic mass is 31.2. The molecular formula is C11H16NO5P. The van der Waals surface area contributed by atoms with E-state index in [0.717, 1.165) is 5.56 Å². The third kappa shape index (κ3) is 4.87. The van der Waals surface area contributed by atoms with Gasteiger partial charge in [-0.2, -0.15) is 0 Å². The molecule has 3 N–H and O–H groups in total. The summed E-state index contributed by atoms with van der Waals surface area (Å²) in [6, 6.07) is 9.02. The highest BCUT2D eigenvalue weighted by Gasteiger charge is 2.28. The summed E-state index contributed by atoms with van der Waals surface area (Å²) in [5.74, 6) is -1.21. The first-order chi connectivity index (χ1) is 8.43. The molecule has 0 radical (unpaired) electrons. The van der Waals surface area contributed by atoms with Crippen LogP contribution in [-0.2, 0) is 15.9 Å². The first-order valence-electron chi connectivity index (χ1n) is 5.46. The van der Waals surface area contributed by atoms with Crippen molar-refractivity contribution in [1.82, 2.24) is 5.32 Å². The lowest BCUT2D eigenvalue weighted by atomic mass is 10.2. The molecule has 0 aliphatic heterocycles. The van der Waals surface area contributed by atoms with Crippen molar-refractivity contribution in [3.63, 3.8) is 0 Å². The minimum atomic E-state index is -4.34. The maximum absolute atomic E-state index is 11.4. The zero-order valence-corrected chi connectivity index (χ0v) is 10.8. The molecular weight excluding hydrogens is 257 g/mol. The summed E-state index contributed by atoms with van der Waals surface area (Å²) in [6.07, 6.45) is -0.709. The number of hydrogen-bond acceptors (Lipinski definition) is 3. The molecule has 1 amide bonds. The lowest BCUT2D eigenvalue weighted by Crippen LogP contribution is -2.34. The molecule has 0 heterocycles. The summed E-state index contributed by atoms with van der Waals surface area (Å²) in [5, 5.41) is 2.15. The predicted molar refractivity (Wildman–Crippen MR) is 65.9 cm³/mol. The maximum Gasteiger partial charge on any atom is 0.408 e. The van der Waals surface area contributed by atoms with Crippen LogP contribution in [0.25, 0.3) is 0 Å². The Hall–Kier alpha value is -1.36. The van der Waals surface area contributed by atoms with Gasteiger partial charge in [0.2, 0.25) is 0 Å². The van der Waals surface area contributed by atoms with Crippen LogP contribution in [0, 0.1) is 0 Å². The summed E-state index contributed by atoms with van der Waals surface area (Å²) in [6.45, 7) is 1.63. The third-order valence-electron chi connectivity index (χ3n) is 2.29. The molecule has 1 aromatic carbocycles. The van der Waals surface area contributed by atoms with Crippen molar-refractivity contribution in [2.75, 3.05) is 0 Å². The van der Waals surface area contributed by atoms with E-state index in [1.54, 1.807) is 31.2 Å². The summed E-state index contributed by atoms with van der Waals surface area (Å²) in [4.78, 5) is 29.3. The second kappa shape index (κ2) is 6.54. The second-order valence-corrected chi connectivity index (χ2v) is 5.52. The Bertz CT molecular complexity index is 430. The summed E-state index contributed by atoms with van der Waals surface area (Å²) < 4.78 is 15.9. The Labute approximate surface area is 105 Å². The van der Waals surface area contributed by atoms with E-state index >= 15 is 0 Å². The molecule has 0 bridgehead atoms. The standard InChI is InChI=1S/C11H16NO5P/c1-2-10(18(14,15)16)12-11(13)17-8-9-6-4-3-5-7-9/h3-7,10H,2,8H2,1H3,(H,12,13)(H2,14,15,16). The van der Waals surface area contributed by atoms with Crippen LogP contribution >= 0.6 is 7.60 Å². The van der Waals surface area contributed by atoms with Crippen molar-refractivity contribution in [2.24, 2.45) is 0 Å². The van der Waals surface area contributed by atoms with Gasteiger partial charge in [0.1, 0.15) is 12.4 Å². The Balaban J connectivity index is 2.45. The number of ether oxygens (including phenoxy) is 1. The van der Waals surface area contributed by atoms with Crippen LogP contribution in [0.2, 0.25) is 0 Å². The van der Waals surface area contributed by atoms with Gasteiger partial charge in [-0.25, -0.2) is 4.79 Å². The van der Waals surface area contributed by atoms with Crippen molar-refractivity contribution in [1.29, 1.82) is 0 Å². The molecule has 100 valence electrons. The largest absolute Gasteiger partial charge is 0.445 e.